The monoisotopic (exact) mass is 399 g/mol. The highest BCUT2D eigenvalue weighted by Crippen LogP contribution is 2.34. The Morgan fingerprint density at radius 3 is 2.35 bits per heavy atom. The van der Waals surface area contributed by atoms with Crippen LogP contribution in [-0.4, -0.2) is 11.7 Å². The van der Waals surface area contributed by atoms with E-state index in [1.54, 1.807) is 23.5 Å². The number of hydrogen-bond acceptors (Lipinski definition) is 3. The van der Waals surface area contributed by atoms with Crippen molar-refractivity contribution < 1.29 is 4.79 Å². The molecule has 1 N–H and O–H groups in total. The summed E-state index contributed by atoms with van der Waals surface area (Å²) >= 11 is 9.16. The number of hydrogen-bond donors (Lipinski definition) is 1. The zero-order valence-electron chi connectivity index (χ0n) is 14.0. The molecule has 0 aliphatic rings. The van der Waals surface area contributed by atoms with E-state index in [0.29, 0.717) is 10.8 Å². The second-order valence-electron chi connectivity index (χ2n) is 5.58. The lowest BCUT2D eigenvalue weighted by Crippen LogP contribution is -2.14. The second kappa shape index (κ2) is 9.72. The molecule has 0 heterocycles. The van der Waals surface area contributed by atoms with E-state index >= 15 is 0 Å². The van der Waals surface area contributed by atoms with Gasteiger partial charge in [0.05, 0.1) is 11.4 Å². The summed E-state index contributed by atoms with van der Waals surface area (Å²) in [5, 5.41) is 3.74. The molecule has 3 aromatic carbocycles. The second-order valence-corrected chi connectivity index (χ2v) is 8.12. The summed E-state index contributed by atoms with van der Waals surface area (Å²) in [5.74, 6) is 1.26. The number of rotatable bonds is 7. The topological polar surface area (TPSA) is 29.1 Å². The number of halogens is 1. The van der Waals surface area contributed by atoms with Crippen molar-refractivity contribution in [3.63, 3.8) is 0 Å². The molecule has 0 aromatic heterocycles. The quantitative estimate of drug-likeness (QED) is 0.501. The lowest BCUT2D eigenvalue weighted by molar-refractivity contribution is -0.113. The van der Waals surface area contributed by atoms with Gasteiger partial charge in [0.2, 0.25) is 5.91 Å². The summed E-state index contributed by atoms with van der Waals surface area (Å²) in [6, 6.07) is 25.7. The highest BCUT2D eigenvalue weighted by Gasteiger charge is 2.08. The van der Waals surface area contributed by atoms with Crippen LogP contribution in [0.1, 0.15) is 5.56 Å². The van der Waals surface area contributed by atoms with Gasteiger partial charge in [-0.15, -0.1) is 11.8 Å². The number of amides is 1. The van der Waals surface area contributed by atoms with Gasteiger partial charge in [0.25, 0.3) is 0 Å². The molecule has 0 atom stereocenters. The average molecular weight is 400 g/mol. The number of para-hydroxylation sites is 1. The maximum Gasteiger partial charge on any atom is 0.234 e. The zero-order chi connectivity index (χ0) is 18.2. The molecule has 0 spiro atoms. The van der Waals surface area contributed by atoms with Gasteiger partial charge >= 0.3 is 0 Å². The Balaban J connectivity index is 1.57. The molecule has 0 saturated heterocycles. The van der Waals surface area contributed by atoms with E-state index < -0.39 is 0 Å². The number of carbonyl (C=O) groups is 1. The molecule has 5 heteroatoms. The Hall–Kier alpha value is -1.88. The lowest BCUT2D eigenvalue weighted by Gasteiger charge is -2.11. The molecule has 0 aliphatic heterocycles. The van der Waals surface area contributed by atoms with Crippen molar-refractivity contribution in [3.05, 3.63) is 89.4 Å². The first-order valence-corrected chi connectivity index (χ1v) is 10.5. The summed E-state index contributed by atoms with van der Waals surface area (Å²) < 4.78 is 0. The molecular formula is C21H18ClNOS2. The lowest BCUT2D eigenvalue weighted by atomic mass is 10.2. The van der Waals surface area contributed by atoms with Crippen molar-refractivity contribution in [2.45, 2.75) is 15.5 Å². The van der Waals surface area contributed by atoms with Gasteiger partial charge in [-0.05, 0) is 42.0 Å². The van der Waals surface area contributed by atoms with Gasteiger partial charge in [0.15, 0.2) is 0 Å². The summed E-state index contributed by atoms with van der Waals surface area (Å²) in [6.45, 7) is 0. The van der Waals surface area contributed by atoms with E-state index in [1.165, 1.54) is 5.56 Å². The number of thioether (sulfide) groups is 1. The van der Waals surface area contributed by atoms with Crippen molar-refractivity contribution in [1.29, 1.82) is 0 Å². The Bertz CT molecular complexity index is 853. The molecule has 26 heavy (non-hydrogen) atoms. The predicted octanol–water partition coefficient (Wildman–Crippen LogP) is 6.36. The maximum absolute atomic E-state index is 12.3. The number of nitrogens with one attached hydrogen (secondary N) is 1. The van der Waals surface area contributed by atoms with E-state index in [-0.39, 0.29) is 5.91 Å². The molecule has 0 fully saturated rings. The van der Waals surface area contributed by atoms with Crippen LogP contribution in [0.15, 0.2) is 88.7 Å². The van der Waals surface area contributed by atoms with Crippen LogP contribution >= 0.6 is 35.1 Å². The summed E-state index contributed by atoms with van der Waals surface area (Å²) in [6.07, 6.45) is 0. The van der Waals surface area contributed by atoms with Crippen molar-refractivity contribution in [2.24, 2.45) is 0 Å². The third kappa shape index (κ3) is 5.84. The fourth-order valence-corrected chi connectivity index (χ4v) is 4.13. The molecule has 0 radical (unpaired) electrons. The molecule has 0 bridgehead atoms. The van der Waals surface area contributed by atoms with Crippen molar-refractivity contribution >= 4 is 46.7 Å². The molecule has 0 unspecified atom stereocenters. The molecule has 0 saturated carbocycles. The smallest absolute Gasteiger partial charge is 0.234 e. The summed E-state index contributed by atoms with van der Waals surface area (Å²) in [5.41, 5.74) is 2.06. The fraction of sp³-hybridized carbons (Fsp3) is 0.0952. The van der Waals surface area contributed by atoms with E-state index in [4.69, 9.17) is 11.6 Å². The third-order valence-corrected chi connectivity index (χ3v) is 5.89. The first kappa shape index (κ1) is 18.9. The summed E-state index contributed by atoms with van der Waals surface area (Å²) in [7, 11) is 0. The van der Waals surface area contributed by atoms with Gasteiger partial charge in [-0.3, -0.25) is 4.79 Å². The molecule has 3 rings (SSSR count). The van der Waals surface area contributed by atoms with Crippen LogP contribution in [0.25, 0.3) is 0 Å². The van der Waals surface area contributed by atoms with Crippen LogP contribution in [0, 0.1) is 0 Å². The molecule has 3 aromatic rings. The molecular weight excluding hydrogens is 382 g/mol. The Morgan fingerprint density at radius 1 is 0.885 bits per heavy atom. The number of anilines is 1. The highest BCUT2D eigenvalue weighted by molar-refractivity contribution is 7.99. The van der Waals surface area contributed by atoms with E-state index in [9.17, 15) is 4.79 Å². The fourth-order valence-electron chi connectivity index (χ4n) is 2.31. The van der Waals surface area contributed by atoms with Crippen LogP contribution in [-0.2, 0) is 10.5 Å². The minimum atomic E-state index is 0.00934. The van der Waals surface area contributed by atoms with Crippen LogP contribution in [0.5, 0.6) is 0 Å². The van der Waals surface area contributed by atoms with Gasteiger partial charge in [-0.25, -0.2) is 0 Å². The van der Waals surface area contributed by atoms with E-state index in [0.717, 1.165) is 21.2 Å². The predicted molar refractivity (Wildman–Crippen MR) is 113 cm³/mol. The Morgan fingerprint density at radius 2 is 1.58 bits per heavy atom. The van der Waals surface area contributed by atoms with Gasteiger partial charge in [-0.2, -0.15) is 0 Å². The van der Waals surface area contributed by atoms with Crippen LogP contribution in [0.2, 0.25) is 5.02 Å². The van der Waals surface area contributed by atoms with E-state index in [2.05, 4.69) is 17.4 Å². The van der Waals surface area contributed by atoms with E-state index in [1.807, 2.05) is 66.7 Å². The Labute approximate surface area is 167 Å². The van der Waals surface area contributed by atoms with Crippen molar-refractivity contribution in [1.82, 2.24) is 0 Å². The van der Waals surface area contributed by atoms with Gasteiger partial charge in [0.1, 0.15) is 0 Å². The van der Waals surface area contributed by atoms with Crippen LogP contribution in [0.4, 0.5) is 5.69 Å². The Kier molecular flexibility index (Phi) is 7.06. The highest BCUT2D eigenvalue weighted by atomic mass is 35.5. The first-order chi connectivity index (χ1) is 12.7. The minimum Gasteiger partial charge on any atom is -0.324 e. The SMILES string of the molecule is O=C(CSCc1ccccc1)Nc1ccccc1Sc1ccc(Cl)cc1. The molecule has 2 nitrogen and oxygen atoms in total. The van der Waals surface area contributed by atoms with Gasteiger partial charge in [0, 0.05) is 20.6 Å². The van der Waals surface area contributed by atoms with Crippen LogP contribution in [0.3, 0.4) is 0 Å². The maximum atomic E-state index is 12.3. The molecule has 132 valence electrons. The van der Waals surface area contributed by atoms with Crippen molar-refractivity contribution in [2.75, 3.05) is 11.1 Å². The normalized spacial score (nSPS) is 10.5. The van der Waals surface area contributed by atoms with Gasteiger partial charge < -0.3 is 5.32 Å². The van der Waals surface area contributed by atoms with Crippen molar-refractivity contribution in [3.8, 4) is 0 Å². The van der Waals surface area contributed by atoms with Crippen LogP contribution < -0.4 is 5.32 Å². The molecule has 1 amide bonds. The molecule has 0 aliphatic carbocycles. The number of benzene rings is 3. The van der Waals surface area contributed by atoms with Gasteiger partial charge in [-0.1, -0.05) is 65.8 Å². The third-order valence-electron chi connectivity index (χ3n) is 3.55. The standard InChI is InChI=1S/C21H18ClNOS2/c22-17-10-12-18(13-11-17)26-20-9-5-4-8-19(20)23-21(24)15-25-14-16-6-2-1-3-7-16/h1-13H,14-15H2,(H,23,24). The minimum absolute atomic E-state index is 0.00934. The largest absolute Gasteiger partial charge is 0.324 e. The zero-order valence-corrected chi connectivity index (χ0v) is 16.4. The summed E-state index contributed by atoms with van der Waals surface area (Å²) in [4.78, 5) is 14.4. The first-order valence-electron chi connectivity index (χ1n) is 8.15. The number of carbonyl (C=O) groups excluding carboxylic acids is 1. The average Bonchev–Trinajstić information content (AvgIpc) is 2.66.